The number of amides is 2. The third kappa shape index (κ3) is 4.43. The van der Waals surface area contributed by atoms with Gasteiger partial charge in [-0.05, 0) is 12.8 Å². The van der Waals surface area contributed by atoms with Gasteiger partial charge < -0.3 is 20.1 Å². The maximum absolute atomic E-state index is 11.2. The Labute approximate surface area is 84.1 Å². The first-order chi connectivity index (χ1) is 6.76. The number of ether oxygens (including phenoxy) is 2. The number of hydrogen-bond acceptors (Lipinski definition) is 3. The molecule has 0 aromatic rings. The molecule has 1 aliphatic rings. The molecule has 14 heavy (non-hydrogen) atoms. The van der Waals surface area contributed by atoms with Crippen LogP contribution in [-0.4, -0.2) is 45.5 Å². The van der Waals surface area contributed by atoms with Crippen LogP contribution < -0.4 is 10.6 Å². The predicted octanol–water partition coefficient (Wildman–Crippen LogP) is 0.109. The zero-order chi connectivity index (χ0) is 10.4. The molecule has 1 saturated carbocycles. The highest BCUT2D eigenvalue weighted by molar-refractivity contribution is 5.74. The van der Waals surface area contributed by atoms with Gasteiger partial charge in [0.2, 0.25) is 0 Å². The van der Waals surface area contributed by atoms with Crippen LogP contribution >= 0.6 is 0 Å². The summed E-state index contributed by atoms with van der Waals surface area (Å²) in [7, 11) is 3.21. The van der Waals surface area contributed by atoms with Crippen LogP contribution in [0.25, 0.3) is 0 Å². The minimum atomic E-state index is -0.120. The van der Waals surface area contributed by atoms with Crippen molar-refractivity contribution in [2.75, 3.05) is 27.4 Å². The molecule has 5 nitrogen and oxygen atoms in total. The maximum Gasteiger partial charge on any atom is 0.315 e. The van der Waals surface area contributed by atoms with Gasteiger partial charge in [-0.3, -0.25) is 0 Å². The van der Waals surface area contributed by atoms with Gasteiger partial charge >= 0.3 is 6.03 Å². The third-order valence-corrected chi connectivity index (χ3v) is 2.09. The van der Waals surface area contributed by atoms with Crippen LogP contribution in [0.2, 0.25) is 0 Å². The van der Waals surface area contributed by atoms with Crippen molar-refractivity contribution >= 4 is 6.03 Å². The Balaban J connectivity index is 2.06. The molecule has 0 aromatic carbocycles. The van der Waals surface area contributed by atoms with E-state index in [0.29, 0.717) is 19.2 Å². The average molecular weight is 202 g/mol. The molecule has 0 aliphatic heterocycles. The minimum absolute atomic E-state index is 0.0787. The van der Waals surface area contributed by atoms with E-state index in [1.807, 2.05) is 0 Å². The van der Waals surface area contributed by atoms with Crippen molar-refractivity contribution < 1.29 is 14.3 Å². The van der Waals surface area contributed by atoms with Gasteiger partial charge in [-0.25, -0.2) is 4.79 Å². The van der Waals surface area contributed by atoms with Crippen molar-refractivity contribution in [2.24, 2.45) is 0 Å². The molecule has 2 N–H and O–H groups in total. The Morgan fingerprint density at radius 2 is 2.21 bits per heavy atom. The smallest absolute Gasteiger partial charge is 0.315 e. The van der Waals surface area contributed by atoms with Gasteiger partial charge in [-0.2, -0.15) is 0 Å². The second-order valence-corrected chi connectivity index (χ2v) is 3.44. The van der Waals surface area contributed by atoms with Crippen molar-refractivity contribution in [2.45, 2.75) is 25.0 Å². The second-order valence-electron chi connectivity index (χ2n) is 3.44. The maximum atomic E-state index is 11.2. The van der Waals surface area contributed by atoms with E-state index in [1.165, 1.54) is 0 Å². The Hall–Kier alpha value is -0.810. The quantitative estimate of drug-likeness (QED) is 0.642. The lowest BCUT2D eigenvalue weighted by atomic mass is 10.4. The molecule has 0 saturated heterocycles. The van der Waals surface area contributed by atoms with Gasteiger partial charge in [0.25, 0.3) is 0 Å². The molecule has 1 unspecified atom stereocenters. The summed E-state index contributed by atoms with van der Waals surface area (Å²) in [6, 6.07) is 0.268. The SMILES string of the molecule is COCC(CNC(=O)NC1CC1)OC. The van der Waals surface area contributed by atoms with Gasteiger partial charge in [0.15, 0.2) is 0 Å². The summed E-state index contributed by atoms with van der Waals surface area (Å²) in [5.74, 6) is 0. The molecule has 0 bridgehead atoms. The van der Waals surface area contributed by atoms with Crippen molar-refractivity contribution in [3.05, 3.63) is 0 Å². The molecule has 1 aliphatic carbocycles. The minimum Gasteiger partial charge on any atom is -0.382 e. The second kappa shape index (κ2) is 5.82. The number of nitrogens with one attached hydrogen (secondary N) is 2. The fraction of sp³-hybridized carbons (Fsp3) is 0.889. The summed E-state index contributed by atoms with van der Waals surface area (Å²) in [6.07, 6.45) is 2.11. The van der Waals surface area contributed by atoms with E-state index in [2.05, 4.69) is 10.6 Å². The van der Waals surface area contributed by atoms with Crippen LogP contribution in [0.1, 0.15) is 12.8 Å². The van der Waals surface area contributed by atoms with Crippen molar-refractivity contribution in [3.63, 3.8) is 0 Å². The monoisotopic (exact) mass is 202 g/mol. The Morgan fingerprint density at radius 1 is 1.50 bits per heavy atom. The average Bonchev–Trinajstić information content (AvgIpc) is 2.96. The molecule has 82 valence electrons. The first-order valence-electron chi connectivity index (χ1n) is 4.82. The molecule has 2 amide bonds. The zero-order valence-corrected chi connectivity index (χ0v) is 8.71. The van der Waals surface area contributed by atoms with Gasteiger partial charge in [-0.15, -0.1) is 0 Å². The number of rotatable bonds is 6. The van der Waals surface area contributed by atoms with E-state index in [-0.39, 0.29) is 12.1 Å². The van der Waals surface area contributed by atoms with Gasteiger partial charge in [0.05, 0.1) is 12.7 Å². The van der Waals surface area contributed by atoms with Crippen molar-refractivity contribution in [1.29, 1.82) is 0 Å². The van der Waals surface area contributed by atoms with Crippen LogP contribution in [0.5, 0.6) is 0 Å². The lowest BCUT2D eigenvalue weighted by molar-refractivity contribution is 0.0304. The van der Waals surface area contributed by atoms with E-state index in [0.717, 1.165) is 12.8 Å². The molecular formula is C9H18N2O3. The van der Waals surface area contributed by atoms with Crippen LogP contribution in [0.15, 0.2) is 0 Å². The van der Waals surface area contributed by atoms with Gasteiger partial charge in [-0.1, -0.05) is 0 Å². The Bertz CT molecular complexity index is 183. The summed E-state index contributed by atoms with van der Waals surface area (Å²) < 4.78 is 10.0. The van der Waals surface area contributed by atoms with E-state index in [4.69, 9.17) is 9.47 Å². The van der Waals surface area contributed by atoms with E-state index < -0.39 is 0 Å². The van der Waals surface area contributed by atoms with Crippen LogP contribution in [0, 0.1) is 0 Å². The van der Waals surface area contributed by atoms with Crippen LogP contribution in [0.4, 0.5) is 4.79 Å². The number of methoxy groups -OCH3 is 2. The molecule has 1 fully saturated rings. The largest absolute Gasteiger partial charge is 0.382 e. The van der Waals surface area contributed by atoms with Crippen molar-refractivity contribution in [1.82, 2.24) is 10.6 Å². The van der Waals surface area contributed by atoms with E-state index in [9.17, 15) is 4.79 Å². The lowest BCUT2D eigenvalue weighted by Gasteiger charge is -2.15. The number of hydrogen-bond donors (Lipinski definition) is 2. The fourth-order valence-electron chi connectivity index (χ4n) is 1.07. The fourth-order valence-corrected chi connectivity index (χ4v) is 1.07. The van der Waals surface area contributed by atoms with E-state index in [1.54, 1.807) is 14.2 Å². The standard InChI is InChI=1S/C9H18N2O3/c1-13-6-8(14-2)5-10-9(12)11-7-3-4-7/h7-8H,3-6H2,1-2H3,(H2,10,11,12). The molecule has 0 aromatic heterocycles. The number of urea groups is 1. The molecule has 1 atom stereocenters. The summed E-state index contributed by atoms with van der Waals surface area (Å²) >= 11 is 0. The van der Waals surface area contributed by atoms with Crippen LogP contribution in [-0.2, 0) is 9.47 Å². The summed E-state index contributed by atoms with van der Waals surface area (Å²) in [5, 5.41) is 5.56. The molecule has 0 heterocycles. The topological polar surface area (TPSA) is 59.6 Å². The molecule has 0 radical (unpaired) electrons. The number of carbonyl (C=O) groups excluding carboxylic acids is 1. The summed E-state index contributed by atoms with van der Waals surface area (Å²) in [6.45, 7) is 0.961. The van der Waals surface area contributed by atoms with Crippen LogP contribution in [0.3, 0.4) is 0 Å². The normalized spacial score (nSPS) is 17.6. The molecule has 5 heteroatoms. The third-order valence-electron chi connectivity index (χ3n) is 2.09. The van der Waals surface area contributed by atoms with E-state index >= 15 is 0 Å². The Kier molecular flexibility index (Phi) is 4.69. The van der Waals surface area contributed by atoms with Gasteiger partial charge in [0, 0.05) is 26.8 Å². The number of carbonyl (C=O) groups is 1. The first-order valence-corrected chi connectivity index (χ1v) is 4.82. The zero-order valence-electron chi connectivity index (χ0n) is 8.71. The summed E-state index contributed by atoms with van der Waals surface area (Å²) in [5.41, 5.74) is 0. The van der Waals surface area contributed by atoms with Crippen molar-refractivity contribution in [3.8, 4) is 0 Å². The molecule has 0 spiro atoms. The Morgan fingerprint density at radius 3 is 2.71 bits per heavy atom. The molecule has 1 rings (SSSR count). The highest BCUT2D eigenvalue weighted by Gasteiger charge is 2.23. The summed E-state index contributed by atoms with van der Waals surface area (Å²) in [4.78, 5) is 11.2. The molecular weight excluding hydrogens is 184 g/mol. The lowest BCUT2D eigenvalue weighted by Crippen LogP contribution is -2.42. The highest BCUT2D eigenvalue weighted by atomic mass is 16.5. The predicted molar refractivity (Wildman–Crippen MR) is 52.2 cm³/mol. The first kappa shape index (κ1) is 11.3. The highest BCUT2D eigenvalue weighted by Crippen LogP contribution is 2.18. The van der Waals surface area contributed by atoms with Gasteiger partial charge in [0.1, 0.15) is 0 Å².